The lowest BCUT2D eigenvalue weighted by molar-refractivity contribution is -0.269. The van der Waals surface area contributed by atoms with Gasteiger partial charge in [0, 0.05) is 14.2 Å². The van der Waals surface area contributed by atoms with E-state index in [2.05, 4.69) is 9.47 Å². The van der Waals surface area contributed by atoms with Gasteiger partial charge in [0.15, 0.2) is 11.4 Å². The highest BCUT2D eigenvalue weighted by Gasteiger charge is 2.56. The average molecular weight is 306 g/mol. The number of hydrogen-bond acceptors (Lipinski definition) is 4. The number of ketones is 1. The second-order valence-electron chi connectivity index (χ2n) is 4.67. The molecule has 118 valence electrons. The minimum atomic E-state index is -5.01. The fraction of sp³-hybridized carbons (Fsp3) is 0.500. The lowest BCUT2D eigenvalue weighted by Crippen LogP contribution is -2.46. The maximum Gasteiger partial charge on any atom is 0.421 e. The number of Topliss-reactive ketones (excluding diaryl/α,β-unsaturated/α-hetero) is 1. The van der Waals surface area contributed by atoms with Crippen LogP contribution >= 0.6 is 0 Å². The predicted octanol–water partition coefficient (Wildman–Crippen LogP) is 2.32. The van der Waals surface area contributed by atoms with E-state index in [1.165, 1.54) is 12.1 Å². The van der Waals surface area contributed by atoms with E-state index in [0.29, 0.717) is 0 Å². The van der Waals surface area contributed by atoms with Crippen molar-refractivity contribution in [3.8, 4) is 0 Å². The Kier molecular flexibility index (Phi) is 5.49. The minimum Gasteiger partial charge on any atom is -0.376 e. The number of aliphatic hydroxyl groups is 1. The van der Waals surface area contributed by atoms with Crippen molar-refractivity contribution >= 4 is 5.78 Å². The van der Waals surface area contributed by atoms with Crippen molar-refractivity contribution < 1.29 is 32.5 Å². The van der Waals surface area contributed by atoms with E-state index in [1.54, 1.807) is 6.92 Å². The minimum absolute atomic E-state index is 0.403. The summed E-state index contributed by atoms with van der Waals surface area (Å²) < 4.78 is 49.0. The number of aryl methyl sites for hydroxylation is 1. The molecule has 1 atom stereocenters. The van der Waals surface area contributed by atoms with Crippen LogP contribution in [0.4, 0.5) is 13.2 Å². The molecule has 0 heterocycles. The van der Waals surface area contributed by atoms with Gasteiger partial charge in [0.2, 0.25) is 6.29 Å². The Labute approximate surface area is 120 Å². The Morgan fingerprint density at radius 3 is 2.05 bits per heavy atom. The third-order valence-electron chi connectivity index (χ3n) is 3.12. The van der Waals surface area contributed by atoms with Gasteiger partial charge < -0.3 is 14.6 Å². The van der Waals surface area contributed by atoms with Gasteiger partial charge in [-0.1, -0.05) is 29.8 Å². The van der Waals surface area contributed by atoms with E-state index in [-0.39, 0.29) is 0 Å². The van der Waals surface area contributed by atoms with Crippen molar-refractivity contribution in [2.45, 2.75) is 31.4 Å². The zero-order chi connectivity index (χ0) is 16.3. The van der Waals surface area contributed by atoms with Gasteiger partial charge in [0.1, 0.15) is 0 Å². The number of hydrogen-bond donors (Lipinski definition) is 1. The summed E-state index contributed by atoms with van der Waals surface area (Å²) in [5.74, 6) is -1.000. The molecule has 1 aromatic rings. The van der Waals surface area contributed by atoms with E-state index in [0.717, 1.165) is 31.9 Å². The first-order chi connectivity index (χ1) is 9.65. The molecule has 0 radical (unpaired) electrons. The Balaban J connectivity index is 3.17. The molecule has 0 aliphatic carbocycles. The number of alkyl halides is 3. The maximum absolute atomic E-state index is 13.2. The molecule has 0 saturated carbocycles. The third-order valence-corrected chi connectivity index (χ3v) is 3.12. The smallest absolute Gasteiger partial charge is 0.376 e. The standard InChI is InChI=1S/C14H17F3O4/c1-9-4-6-10(7-5-9)13(19,14(15,16)17)8-11(18)12(20-2)21-3/h4-7,12,19H,8H2,1-3H3/t13-/m1/s1. The predicted molar refractivity (Wildman–Crippen MR) is 68.6 cm³/mol. The summed E-state index contributed by atoms with van der Waals surface area (Å²) in [7, 11) is 2.26. The summed E-state index contributed by atoms with van der Waals surface area (Å²) in [4.78, 5) is 11.8. The molecule has 0 aliphatic heterocycles. The number of rotatable bonds is 6. The van der Waals surface area contributed by atoms with E-state index < -0.39 is 35.8 Å². The topological polar surface area (TPSA) is 55.8 Å². The lowest BCUT2D eigenvalue weighted by atomic mass is 9.87. The highest BCUT2D eigenvalue weighted by atomic mass is 19.4. The van der Waals surface area contributed by atoms with Gasteiger partial charge >= 0.3 is 6.18 Å². The molecule has 0 fully saturated rings. The Morgan fingerprint density at radius 1 is 1.19 bits per heavy atom. The number of carbonyl (C=O) groups excluding carboxylic acids is 1. The molecule has 0 bridgehead atoms. The molecule has 0 spiro atoms. The molecular formula is C14H17F3O4. The number of benzene rings is 1. The number of carbonyl (C=O) groups is 1. The number of methoxy groups -OCH3 is 2. The third kappa shape index (κ3) is 3.81. The van der Waals surface area contributed by atoms with Crippen LogP contribution in [0.5, 0.6) is 0 Å². The Bertz CT molecular complexity index is 480. The molecule has 0 amide bonds. The molecule has 0 unspecified atom stereocenters. The molecular weight excluding hydrogens is 289 g/mol. The first kappa shape index (κ1) is 17.6. The second-order valence-corrected chi connectivity index (χ2v) is 4.67. The van der Waals surface area contributed by atoms with Crippen LogP contribution in [-0.2, 0) is 19.9 Å². The van der Waals surface area contributed by atoms with Crippen molar-refractivity contribution in [1.29, 1.82) is 0 Å². The summed E-state index contributed by atoms with van der Waals surface area (Å²) in [5.41, 5.74) is -2.95. The largest absolute Gasteiger partial charge is 0.421 e. The van der Waals surface area contributed by atoms with Gasteiger partial charge in [-0.25, -0.2) is 0 Å². The fourth-order valence-electron chi connectivity index (χ4n) is 1.89. The van der Waals surface area contributed by atoms with Gasteiger partial charge in [-0.15, -0.1) is 0 Å². The molecule has 0 saturated heterocycles. The molecule has 21 heavy (non-hydrogen) atoms. The van der Waals surface area contributed by atoms with Crippen LogP contribution in [0.25, 0.3) is 0 Å². The van der Waals surface area contributed by atoms with Gasteiger partial charge in [0.25, 0.3) is 0 Å². The van der Waals surface area contributed by atoms with E-state index in [9.17, 15) is 23.1 Å². The Morgan fingerprint density at radius 2 is 1.67 bits per heavy atom. The van der Waals surface area contributed by atoms with Crippen LogP contribution in [0.15, 0.2) is 24.3 Å². The molecule has 1 rings (SSSR count). The van der Waals surface area contributed by atoms with E-state index >= 15 is 0 Å². The first-order valence-corrected chi connectivity index (χ1v) is 6.10. The molecule has 4 nitrogen and oxygen atoms in total. The van der Waals surface area contributed by atoms with Crippen LogP contribution in [0.1, 0.15) is 17.5 Å². The van der Waals surface area contributed by atoms with Crippen LogP contribution in [0, 0.1) is 6.92 Å². The first-order valence-electron chi connectivity index (χ1n) is 6.10. The van der Waals surface area contributed by atoms with Crippen molar-refractivity contribution in [2.75, 3.05) is 14.2 Å². The zero-order valence-corrected chi connectivity index (χ0v) is 11.9. The van der Waals surface area contributed by atoms with Crippen molar-refractivity contribution in [3.63, 3.8) is 0 Å². The monoisotopic (exact) mass is 306 g/mol. The lowest BCUT2D eigenvalue weighted by Gasteiger charge is -2.31. The summed E-state index contributed by atoms with van der Waals surface area (Å²) in [6, 6.07) is 5.15. The summed E-state index contributed by atoms with van der Waals surface area (Å²) >= 11 is 0. The van der Waals surface area contributed by atoms with Crippen LogP contribution in [0.3, 0.4) is 0 Å². The highest BCUT2D eigenvalue weighted by molar-refractivity contribution is 5.83. The molecule has 7 heteroatoms. The summed E-state index contributed by atoms with van der Waals surface area (Å²) in [6.07, 6.45) is -7.65. The maximum atomic E-state index is 13.2. The fourth-order valence-corrected chi connectivity index (χ4v) is 1.89. The van der Waals surface area contributed by atoms with E-state index in [1.807, 2.05) is 0 Å². The normalized spacial score (nSPS) is 15.0. The highest BCUT2D eigenvalue weighted by Crippen LogP contribution is 2.42. The quantitative estimate of drug-likeness (QED) is 0.820. The second kappa shape index (κ2) is 6.55. The van der Waals surface area contributed by atoms with Crippen LogP contribution in [0.2, 0.25) is 0 Å². The molecule has 1 aromatic carbocycles. The van der Waals surface area contributed by atoms with Gasteiger partial charge in [0.05, 0.1) is 6.42 Å². The summed E-state index contributed by atoms with van der Waals surface area (Å²) in [6.45, 7) is 1.70. The van der Waals surface area contributed by atoms with Crippen LogP contribution < -0.4 is 0 Å². The SMILES string of the molecule is COC(OC)C(=O)C[C@@](O)(c1ccc(C)cc1)C(F)(F)F. The molecule has 0 aliphatic rings. The van der Waals surface area contributed by atoms with Crippen LogP contribution in [-0.4, -0.2) is 37.6 Å². The van der Waals surface area contributed by atoms with Crippen molar-refractivity contribution in [2.24, 2.45) is 0 Å². The zero-order valence-electron chi connectivity index (χ0n) is 11.9. The number of halogens is 3. The molecule has 0 aromatic heterocycles. The van der Waals surface area contributed by atoms with Gasteiger partial charge in [-0.3, -0.25) is 4.79 Å². The van der Waals surface area contributed by atoms with Gasteiger partial charge in [-0.2, -0.15) is 13.2 Å². The number of ether oxygens (including phenoxy) is 2. The molecule has 1 N–H and O–H groups in total. The van der Waals surface area contributed by atoms with Gasteiger partial charge in [-0.05, 0) is 12.5 Å². The Hall–Kier alpha value is -1.44. The van der Waals surface area contributed by atoms with E-state index in [4.69, 9.17) is 0 Å². The van der Waals surface area contributed by atoms with Crippen molar-refractivity contribution in [1.82, 2.24) is 0 Å². The summed E-state index contributed by atoms with van der Waals surface area (Å²) in [5, 5.41) is 10.1. The van der Waals surface area contributed by atoms with Crippen molar-refractivity contribution in [3.05, 3.63) is 35.4 Å². The average Bonchev–Trinajstić information content (AvgIpc) is 2.39.